The van der Waals surface area contributed by atoms with Crippen LogP contribution >= 0.6 is 11.3 Å². The number of fused-ring (bicyclic) bond motifs is 3. The highest BCUT2D eigenvalue weighted by Gasteiger charge is 2.35. The third kappa shape index (κ3) is 1.76. The Labute approximate surface area is 112 Å². The van der Waals surface area contributed by atoms with Gasteiger partial charge in [-0.3, -0.25) is 0 Å². The van der Waals surface area contributed by atoms with E-state index in [2.05, 4.69) is 47.1 Å². The third-order valence-corrected chi connectivity index (χ3v) is 5.34. The summed E-state index contributed by atoms with van der Waals surface area (Å²) in [7, 11) is 0. The second-order valence-corrected chi connectivity index (χ2v) is 6.54. The summed E-state index contributed by atoms with van der Waals surface area (Å²) < 4.78 is 1.38. The molecule has 2 aromatic rings. The number of rotatable bonds is 3. The number of nitrogens with one attached hydrogen (secondary N) is 1. The van der Waals surface area contributed by atoms with Gasteiger partial charge < -0.3 is 5.32 Å². The molecule has 0 spiro atoms. The van der Waals surface area contributed by atoms with Crippen LogP contribution in [0.1, 0.15) is 12.8 Å². The number of benzene rings is 1. The van der Waals surface area contributed by atoms with Gasteiger partial charge >= 0.3 is 0 Å². The van der Waals surface area contributed by atoms with Gasteiger partial charge in [0.25, 0.3) is 0 Å². The number of anilines is 1. The summed E-state index contributed by atoms with van der Waals surface area (Å²) in [4.78, 5) is 0. The van der Waals surface area contributed by atoms with Gasteiger partial charge in [0, 0.05) is 16.9 Å². The Hall–Kier alpha value is -1.28. The molecule has 2 aliphatic carbocycles. The monoisotopic (exact) mass is 255 g/mol. The molecule has 1 fully saturated rings. The Balaban J connectivity index is 1.46. The SMILES string of the molecule is C1=CC2CC1CC2CNc1ccc2sccc2c1. The van der Waals surface area contributed by atoms with Crippen LogP contribution in [0.2, 0.25) is 0 Å². The normalized spacial score (nSPS) is 29.2. The van der Waals surface area contributed by atoms with Gasteiger partial charge in [0.1, 0.15) is 0 Å². The first-order valence-corrected chi connectivity index (χ1v) is 7.66. The average molecular weight is 255 g/mol. The molecule has 2 aliphatic rings. The maximum Gasteiger partial charge on any atom is 0.0347 e. The van der Waals surface area contributed by atoms with Crippen molar-refractivity contribution in [1.29, 1.82) is 0 Å². The fraction of sp³-hybridized carbons (Fsp3) is 0.375. The standard InChI is InChI=1S/C16H17NS/c1-2-12-7-11(1)8-14(12)10-17-15-3-4-16-13(9-15)5-6-18-16/h1-6,9,11-12,14,17H,7-8,10H2. The molecule has 1 aromatic heterocycles. The van der Waals surface area contributed by atoms with E-state index in [1.807, 2.05) is 11.3 Å². The van der Waals surface area contributed by atoms with E-state index in [4.69, 9.17) is 0 Å². The van der Waals surface area contributed by atoms with Crippen molar-refractivity contribution < 1.29 is 0 Å². The second kappa shape index (κ2) is 4.13. The minimum atomic E-state index is 0.840. The van der Waals surface area contributed by atoms with E-state index in [1.54, 1.807) is 0 Å². The lowest BCUT2D eigenvalue weighted by atomic mass is 9.93. The maximum absolute atomic E-state index is 3.62. The van der Waals surface area contributed by atoms with Crippen LogP contribution in [0.15, 0.2) is 41.8 Å². The number of allylic oxidation sites excluding steroid dienone is 2. The summed E-state index contributed by atoms with van der Waals surface area (Å²) >= 11 is 1.81. The number of thiophene rings is 1. The van der Waals surface area contributed by atoms with Gasteiger partial charge in [-0.2, -0.15) is 0 Å². The first-order valence-electron chi connectivity index (χ1n) is 6.78. The summed E-state index contributed by atoms with van der Waals surface area (Å²) in [5, 5.41) is 7.15. The molecule has 2 heteroatoms. The van der Waals surface area contributed by atoms with Gasteiger partial charge in [-0.15, -0.1) is 11.3 Å². The molecule has 18 heavy (non-hydrogen) atoms. The zero-order valence-electron chi connectivity index (χ0n) is 10.3. The molecule has 0 radical (unpaired) electrons. The fourth-order valence-electron chi connectivity index (χ4n) is 3.45. The fourth-order valence-corrected chi connectivity index (χ4v) is 4.23. The number of hydrogen-bond donors (Lipinski definition) is 1. The predicted octanol–water partition coefficient (Wildman–Crippen LogP) is 4.53. The lowest BCUT2D eigenvalue weighted by Crippen LogP contribution is -2.18. The Morgan fingerprint density at radius 3 is 3.00 bits per heavy atom. The van der Waals surface area contributed by atoms with Crippen LogP contribution in [0.25, 0.3) is 10.1 Å². The van der Waals surface area contributed by atoms with E-state index in [1.165, 1.54) is 28.6 Å². The Morgan fingerprint density at radius 2 is 2.17 bits per heavy atom. The molecule has 3 atom stereocenters. The van der Waals surface area contributed by atoms with Crippen LogP contribution < -0.4 is 5.32 Å². The van der Waals surface area contributed by atoms with Gasteiger partial charge in [0.05, 0.1) is 0 Å². The molecular formula is C16H17NS. The van der Waals surface area contributed by atoms with Gasteiger partial charge in [-0.05, 0) is 65.6 Å². The van der Waals surface area contributed by atoms with E-state index in [9.17, 15) is 0 Å². The average Bonchev–Trinajstić information content (AvgIpc) is 3.11. The molecule has 3 unspecified atom stereocenters. The summed E-state index contributed by atoms with van der Waals surface area (Å²) in [6, 6.07) is 8.91. The Morgan fingerprint density at radius 1 is 1.17 bits per heavy atom. The summed E-state index contributed by atoms with van der Waals surface area (Å²) in [6.45, 7) is 1.13. The summed E-state index contributed by atoms with van der Waals surface area (Å²) in [5.74, 6) is 2.56. The minimum absolute atomic E-state index is 0.840. The first kappa shape index (κ1) is 10.6. The zero-order chi connectivity index (χ0) is 11.9. The maximum atomic E-state index is 3.62. The highest BCUT2D eigenvalue weighted by Crippen LogP contribution is 2.43. The van der Waals surface area contributed by atoms with E-state index in [-0.39, 0.29) is 0 Å². The molecule has 0 saturated heterocycles. The molecule has 92 valence electrons. The van der Waals surface area contributed by atoms with Crippen molar-refractivity contribution in [2.45, 2.75) is 12.8 Å². The Bertz CT molecular complexity index is 598. The van der Waals surface area contributed by atoms with Gasteiger partial charge in [-0.25, -0.2) is 0 Å². The van der Waals surface area contributed by atoms with Crippen molar-refractivity contribution in [2.24, 2.45) is 17.8 Å². The van der Waals surface area contributed by atoms with Gasteiger partial charge in [0.2, 0.25) is 0 Å². The van der Waals surface area contributed by atoms with E-state index >= 15 is 0 Å². The van der Waals surface area contributed by atoms with Crippen molar-refractivity contribution in [2.75, 3.05) is 11.9 Å². The Kier molecular flexibility index (Phi) is 2.44. The van der Waals surface area contributed by atoms with Crippen LogP contribution in [0.3, 0.4) is 0 Å². The third-order valence-electron chi connectivity index (χ3n) is 4.44. The highest BCUT2D eigenvalue weighted by molar-refractivity contribution is 7.17. The van der Waals surface area contributed by atoms with Crippen molar-refractivity contribution in [3.8, 4) is 0 Å². The molecule has 1 heterocycles. The molecule has 1 N–H and O–H groups in total. The molecule has 1 saturated carbocycles. The van der Waals surface area contributed by atoms with Gasteiger partial charge in [0.15, 0.2) is 0 Å². The van der Waals surface area contributed by atoms with Crippen molar-refractivity contribution in [1.82, 2.24) is 0 Å². The largest absolute Gasteiger partial charge is 0.385 e. The topological polar surface area (TPSA) is 12.0 Å². The summed E-state index contributed by atoms with van der Waals surface area (Å²) in [5.41, 5.74) is 1.27. The molecular weight excluding hydrogens is 238 g/mol. The molecule has 0 amide bonds. The van der Waals surface area contributed by atoms with E-state index in [0.29, 0.717) is 0 Å². The van der Waals surface area contributed by atoms with Crippen LogP contribution in [0.5, 0.6) is 0 Å². The minimum Gasteiger partial charge on any atom is -0.385 e. The zero-order valence-corrected chi connectivity index (χ0v) is 11.1. The first-order chi connectivity index (χ1) is 8.88. The molecule has 1 aromatic carbocycles. The van der Waals surface area contributed by atoms with Crippen LogP contribution in [-0.4, -0.2) is 6.54 Å². The van der Waals surface area contributed by atoms with Crippen LogP contribution in [0, 0.1) is 17.8 Å². The lowest BCUT2D eigenvalue weighted by molar-refractivity contribution is 0.472. The molecule has 0 aliphatic heterocycles. The van der Waals surface area contributed by atoms with Crippen molar-refractivity contribution in [3.05, 3.63) is 41.8 Å². The van der Waals surface area contributed by atoms with E-state index < -0.39 is 0 Å². The quantitative estimate of drug-likeness (QED) is 0.795. The lowest BCUT2D eigenvalue weighted by Gasteiger charge is -2.19. The molecule has 1 nitrogen and oxygen atoms in total. The van der Waals surface area contributed by atoms with E-state index in [0.717, 1.165) is 24.3 Å². The smallest absolute Gasteiger partial charge is 0.0347 e. The highest BCUT2D eigenvalue weighted by atomic mass is 32.1. The van der Waals surface area contributed by atoms with Crippen LogP contribution in [-0.2, 0) is 0 Å². The van der Waals surface area contributed by atoms with Crippen molar-refractivity contribution >= 4 is 27.1 Å². The predicted molar refractivity (Wildman–Crippen MR) is 79.2 cm³/mol. The van der Waals surface area contributed by atoms with Gasteiger partial charge in [-0.1, -0.05) is 12.2 Å². The second-order valence-electron chi connectivity index (χ2n) is 5.59. The molecule has 2 bridgehead atoms. The van der Waals surface area contributed by atoms with Crippen LogP contribution in [0.4, 0.5) is 5.69 Å². The van der Waals surface area contributed by atoms with Crippen molar-refractivity contribution in [3.63, 3.8) is 0 Å². The molecule has 4 rings (SSSR count). The number of hydrogen-bond acceptors (Lipinski definition) is 2. The summed E-state index contributed by atoms with van der Waals surface area (Å²) in [6.07, 6.45) is 7.63.